The second-order valence-corrected chi connectivity index (χ2v) is 6.25. The normalized spacial score (nSPS) is 27.0. The van der Waals surface area contributed by atoms with Crippen LogP contribution in [-0.4, -0.2) is 13.6 Å². The highest BCUT2D eigenvalue weighted by Crippen LogP contribution is 2.49. The van der Waals surface area contributed by atoms with E-state index >= 15 is 0 Å². The van der Waals surface area contributed by atoms with E-state index in [9.17, 15) is 0 Å². The van der Waals surface area contributed by atoms with Crippen LogP contribution in [0.5, 0.6) is 0 Å². The molecule has 0 heterocycles. The molecule has 1 fully saturated rings. The summed E-state index contributed by atoms with van der Waals surface area (Å²) in [6.07, 6.45) is 5.46. The first-order valence-electron chi connectivity index (χ1n) is 7.33. The highest BCUT2D eigenvalue weighted by molar-refractivity contribution is 5.36. The molecule has 1 aliphatic carbocycles. The molecule has 1 aromatic carbocycles. The third kappa shape index (κ3) is 2.61. The Morgan fingerprint density at radius 1 is 1.17 bits per heavy atom. The minimum absolute atomic E-state index is 0.408. The molecule has 0 aromatic heterocycles. The van der Waals surface area contributed by atoms with Gasteiger partial charge in [0.05, 0.1) is 0 Å². The maximum Gasteiger partial charge on any atom is 0.00831 e. The van der Waals surface area contributed by atoms with Gasteiger partial charge in [0.2, 0.25) is 0 Å². The quantitative estimate of drug-likeness (QED) is 0.827. The van der Waals surface area contributed by atoms with Crippen molar-refractivity contribution in [3.05, 3.63) is 34.9 Å². The highest BCUT2D eigenvalue weighted by atomic mass is 14.8. The summed E-state index contributed by atoms with van der Waals surface area (Å²) < 4.78 is 0. The number of aryl methyl sites for hydroxylation is 2. The van der Waals surface area contributed by atoms with Crippen molar-refractivity contribution in [3.8, 4) is 0 Å². The number of hydrogen-bond acceptors (Lipinski definition) is 1. The molecule has 0 radical (unpaired) electrons. The Kier molecular flexibility index (Phi) is 4.11. The van der Waals surface area contributed by atoms with Crippen LogP contribution in [0.2, 0.25) is 0 Å². The minimum Gasteiger partial charge on any atom is -0.319 e. The number of likely N-dealkylation sites (N-methyl/N-ethyl adjacent to an activating group) is 1. The van der Waals surface area contributed by atoms with Crippen molar-refractivity contribution < 1.29 is 0 Å². The fourth-order valence-electron chi connectivity index (χ4n) is 3.76. The molecule has 18 heavy (non-hydrogen) atoms. The van der Waals surface area contributed by atoms with Gasteiger partial charge < -0.3 is 5.32 Å². The molecule has 1 aliphatic rings. The van der Waals surface area contributed by atoms with Gasteiger partial charge in [-0.2, -0.15) is 0 Å². The van der Waals surface area contributed by atoms with Gasteiger partial charge in [0.15, 0.2) is 0 Å². The molecule has 1 heteroatoms. The highest BCUT2D eigenvalue weighted by Gasteiger charge is 2.44. The molecule has 100 valence electrons. The van der Waals surface area contributed by atoms with Crippen LogP contribution in [0.1, 0.15) is 49.3 Å². The summed E-state index contributed by atoms with van der Waals surface area (Å²) in [5.74, 6) is 0.948. The Morgan fingerprint density at radius 2 is 1.78 bits per heavy atom. The van der Waals surface area contributed by atoms with Crippen molar-refractivity contribution in [2.45, 2.75) is 51.9 Å². The van der Waals surface area contributed by atoms with Gasteiger partial charge in [-0.25, -0.2) is 0 Å². The van der Waals surface area contributed by atoms with Gasteiger partial charge in [-0.1, -0.05) is 49.1 Å². The van der Waals surface area contributed by atoms with Gasteiger partial charge in [0.25, 0.3) is 0 Å². The van der Waals surface area contributed by atoms with Gasteiger partial charge >= 0.3 is 0 Å². The second-order valence-electron chi connectivity index (χ2n) is 6.25. The molecule has 0 atom stereocenters. The molecule has 1 N–H and O–H groups in total. The fourth-order valence-corrected chi connectivity index (χ4v) is 3.76. The lowest BCUT2D eigenvalue weighted by Crippen LogP contribution is -2.48. The molecule has 0 aliphatic heterocycles. The molecule has 0 bridgehead atoms. The van der Waals surface area contributed by atoms with Crippen molar-refractivity contribution in [1.82, 2.24) is 5.32 Å². The van der Waals surface area contributed by atoms with Crippen LogP contribution >= 0.6 is 0 Å². The summed E-state index contributed by atoms with van der Waals surface area (Å²) in [5, 5.41) is 3.41. The molecule has 0 amide bonds. The third-order valence-corrected chi connectivity index (χ3v) is 4.40. The number of benzene rings is 1. The zero-order valence-electron chi connectivity index (χ0n) is 12.3. The molecule has 0 spiro atoms. The monoisotopic (exact) mass is 245 g/mol. The van der Waals surface area contributed by atoms with Gasteiger partial charge in [-0.3, -0.25) is 0 Å². The van der Waals surface area contributed by atoms with Crippen LogP contribution < -0.4 is 5.32 Å². The van der Waals surface area contributed by atoms with Crippen molar-refractivity contribution >= 4 is 0 Å². The van der Waals surface area contributed by atoms with Crippen LogP contribution in [0.25, 0.3) is 0 Å². The first-order valence-corrected chi connectivity index (χ1v) is 7.33. The Balaban J connectivity index is 2.21. The summed E-state index contributed by atoms with van der Waals surface area (Å²) in [7, 11) is 2.08. The average Bonchev–Trinajstić information content (AvgIpc) is 2.24. The molecular weight excluding hydrogens is 218 g/mol. The van der Waals surface area contributed by atoms with Crippen molar-refractivity contribution in [3.63, 3.8) is 0 Å². The maximum absolute atomic E-state index is 3.41. The molecule has 1 nitrogen and oxygen atoms in total. The van der Waals surface area contributed by atoms with Crippen LogP contribution in [0.4, 0.5) is 0 Å². The van der Waals surface area contributed by atoms with E-state index in [2.05, 4.69) is 51.3 Å². The average molecular weight is 245 g/mol. The largest absolute Gasteiger partial charge is 0.319 e. The summed E-state index contributed by atoms with van der Waals surface area (Å²) in [6, 6.07) is 7.07. The first kappa shape index (κ1) is 13.6. The van der Waals surface area contributed by atoms with Gasteiger partial charge in [0.1, 0.15) is 0 Å². The molecule has 0 saturated heterocycles. The molecule has 0 unspecified atom stereocenters. The van der Waals surface area contributed by atoms with E-state index in [1.807, 2.05) is 0 Å². The van der Waals surface area contributed by atoms with Crippen LogP contribution in [0, 0.1) is 19.8 Å². The Bertz CT molecular complexity index is 382. The Hall–Kier alpha value is -0.820. The number of nitrogens with one attached hydrogen (secondary N) is 1. The zero-order chi connectivity index (χ0) is 13.2. The predicted octanol–water partition coefficient (Wildman–Crippen LogP) is 3.97. The van der Waals surface area contributed by atoms with Crippen LogP contribution in [-0.2, 0) is 5.41 Å². The van der Waals surface area contributed by atoms with Gasteiger partial charge in [-0.05, 0) is 45.2 Å². The predicted molar refractivity (Wildman–Crippen MR) is 79.2 cm³/mol. The van der Waals surface area contributed by atoms with Gasteiger partial charge in [0, 0.05) is 12.0 Å². The zero-order valence-corrected chi connectivity index (χ0v) is 12.3. The van der Waals surface area contributed by atoms with Gasteiger partial charge in [-0.15, -0.1) is 0 Å². The maximum atomic E-state index is 3.41. The first-order chi connectivity index (χ1) is 8.59. The molecule has 2 rings (SSSR count). The van der Waals surface area contributed by atoms with E-state index in [-0.39, 0.29) is 0 Å². The standard InChI is InChI=1S/C17H27N/c1-5-6-15-10-17(11-15,12-18-4)16-8-13(2)7-14(3)9-16/h7-9,15,18H,5-6,10-12H2,1-4H3. The van der Waals surface area contributed by atoms with E-state index in [1.54, 1.807) is 5.56 Å². The minimum atomic E-state index is 0.408. The van der Waals surface area contributed by atoms with Crippen LogP contribution in [0.3, 0.4) is 0 Å². The fraction of sp³-hybridized carbons (Fsp3) is 0.647. The molecular formula is C17H27N. The van der Waals surface area contributed by atoms with Crippen LogP contribution in [0.15, 0.2) is 18.2 Å². The molecule has 1 aromatic rings. The van der Waals surface area contributed by atoms with E-state index in [1.165, 1.54) is 36.8 Å². The number of hydrogen-bond donors (Lipinski definition) is 1. The van der Waals surface area contributed by atoms with Crippen molar-refractivity contribution in [2.24, 2.45) is 5.92 Å². The lowest BCUT2D eigenvalue weighted by molar-refractivity contribution is 0.131. The van der Waals surface area contributed by atoms with E-state index in [4.69, 9.17) is 0 Å². The SMILES string of the molecule is CCCC1CC(CNC)(c2cc(C)cc(C)c2)C1. The lowest BCUT2D eigenvalue weighted by Gasteiger charge is -2.49. The Morgan fingerprint density at radius 3 is 2.28 bits per heavy atom. The topological polar surface area (TPSA) is 12.0 Å². The van der Waals surface area contributed by atoms with E-state index in [0.717, 1.165) is 12.5 Å². The lowest BCUT2D eigenvalue weighted by atomic mass is 9.57. The number of rotatable bonds is 5. The van der Waals surface area contributed by atoms with Crippen molar-refractivity contribution in [2.75, 3.05) is 13.6 Å². The summed E-state index contributed by atoms with van der Waals surface area (Å²) in [4.78, 5) is 0. The summed E-state index contributed by atoms with van der Waals surface area (Å²) in [5.41, 5.74) is 4.77. The summed E-state index contributed by atoms with van der Waals surface area (Å²) >= 11 is 0. The third-order valence-electron chi connectivity index (χ3n) is 4.40. The second kappa shape index (κ2) is 5.44. The molecule has 1 saturated carbocycles. The summed E-state index contributed by atoms with van der Waals surface area (Å²) in [6.45, 7) is 7.85. The smallest absolute Gasteiger partial charge is 0.00831 e. The van der Waals surface area contributed by atoms with Crippen molar-refractivity contribution in [1.29, 1.82) is 0 Å². The van der Waals surface area contributed by atoms with E-state index in [0.29, 0.717) is 5.41 Å². The van der Waals surface area contributed by atoms with E-state index < -0.39 is 0 Å². The Labute approximate surface area is 112 Å².